The number of rotatable bonds is 13. The van der Waals surface area contributed by atoms with Crippen molar-refractivity contribution in [2.24, 2.45) is 11.5 Å². The maximum absolute atomic E-state index is 13.6. The van der Waals surface area contributed by atoms with Crippen molar-refractivity contribution in [3.63, 3.8) is 0 Å². The number of hydrogen-bond donors (Lipinski definition) is 4. The fourth-order valence-corrected chi connectivity index (χ4v) is 5.47. The van der Waals surface area contributed by atoms with Gasteiger partial charge < -0.3 is 26.1 Å². The molecule has 0 aliphatic heterocycles. The van der Waals surface area contributed by atoms with Gasteiger partial charge in [0.25, 0.3) is 11.8 Å². The van der Waals surface area contributed by atoms with E-state index in [1.807, 2.05) is 42.5 Å². The van der Waals surface area contributed by atoms with E-state index in [-0.39, 0.29) is 47.6 Å². The lowest BCUT2D eigenvalue weighted by Gasteiger charge is -2.26. The van der Waals surface area contributed by atoms with Crippen molar-refractivity contribution in [3.05, 3.63) is 124 Å². The highest BCUT2D eigenvalue weighted by Gasteiger charge is 2.24. The molecule has 0 spiro atoms. The average molecular weight is 605 g/mol. The maximum Gasteiger partial charge on any atom is 0.255 e. The van der Waals surface area contributed by atoms with Gasteiger partial charge in [-0.1, -0.05) is 60.1 Å². The van der Waals surface area contributed by atoms with E-state index in [0.717, 1.165) is 5.56 Å². The Balaban J connectivity index is 1.57. The van der Waals surface area contributed by atoms with E-state index >= 15 is 0 Å². The molecule has 3 aromatic carbocycles. The molecule has 0 fully saturated rings. The minimum atomic E-state index is -1.52. The van der Waals surface area contributed by atoms with Crippen molar-refractivity contribution in [2.75, 3.05) is 10.9 Å². The van der Waals surface area contributed by atoms with Crippen molar-refractivity contribution >= 4 is 46.3 Å². The van der Waals surface area contributed by atoms with E-state index in [2.05, 4.69) is 10.3 Å². The average Bonchev–Trinajstić information content (AvgIpc) is 2.98. The fraction of sp³-hybridized carbons (Fsp3) is 0.133. The lowest BCUT2D eigenvalue weighted by atomic mass is 10.1. The molecule has 1 heterocycles. The second kappa shape index (κ2) is 14.4. The third kappa shape index (κ3) is 8.46. The number of nitrogens with zero attached hydrogens (tertiary/aromatic N) is 2. The van der Waals surface area contributed by atoms with Gasteiger partial charge in [-0.3, -0.25) is 20.0 Å². The van der Waals surface area contributed by atoms with Gasteiger partial charge in [0.05, 0.1) is 22.7 Å². The van der Waals surface area contributed by atoms with Crippen LogP contribution in [0.5, 0.6) is 5.75 Å². The largest absolute Gasteiger partial charge is 0.593 e. The smallest absolute Gasteiger partial charge is 0.255 e. The summed E-state index contributed by atoms with van der Waals surface area (Å²) in [7, 11) is 0. The Kier molecular flexibility index (Phi) is 10.4. The van der Waals surface area contributed by atoms with Crippen molar-refractivity contribution < 1.29 is 18.9 Å². The molecule has 0 bridgehead atoms. The fourth-order valence-electron chi connectivity index (χ4n) is 3.99. The molecule has 0 aliphatic carbocycles. The van der Waals surface area contributed by atoms with Crippen LogP contribution >= 0.6 is 11.6 Å². The summed E-state index contributed by atoms with van der Waals surface area (Å²) in [6, 6.07) is 24.5. The van der Waals surface area contributed by atoms with Gasteiger partial charge in [-0.25, -0.2) is 0 Å². The number of nitrogens with two attached hydrogens (primary N) is 2. The molecule has 4 rings (SSSR count). The highest BCUT2D eigenvalue weighted by atomic mass is 35.5. The van der Waals surface area contributed by atoms with Crippen LogP contribution < -0.4 is 25.8 Å². The predicted octanol–water partition coefficient (Wildman–Crippen LogP) is 3.68. The number of ether oxygens (including phenoxy) is 1. The number of primary amides is 1. The molecular formula is C30H29ClN6O4S. The summed E-state index contributed by atoms with van der Waals surface area (Å²) < 4.78 is 20.8. The van der Waals surface area contributed by atoms with Gasteiger partial charge in [-0.15, -0.1) is 0 Å². The maximum atomic E-state index is 13.6. The lowest BCUT2D eigenvalue weighted by molar-refractivity contribution is -0.119. The molecule has 0 saturated carbocycles. The quantitative estimate of drug-likeness (QED) is 0.102. The van der Waals surface area contributed by atoms with Gasteiger partial charge in [-0.2, -0.15) is 4.31 Å². The van der Waals surface area contributed by atoms with Gasteiger partial charge in [0.1, 0.15) is 18.1 Å². The molecule has 0 saturated heterocycles. The van der Waals surface area contributed by atoms with E-state index < -0.39 is 23.2 Å². The highest BCUT2D eigenvalue weighted by molar-refractivity contribution is 7.92. The van der Waals surface area contributed by atoms with E-state index in [9.17, 15) is 14.1 Å². The minimum absolute atomic E-state index is 0.0323. The first-order valence-electron chi connectivity index (χ1n) is 12.8. The first kappa shape index (κ1) is 30.4. The molecule has 0 radical (unpaired) electrons. The summed E-state index contributed by atoms with van der Waals surface area (Å²) in [5.41, 5.74) is 14.0. The number of halogens is 1. The monoisotopic (exact) mass is 604 g/mol. The van der Waals surface area contributed by atoms with Gasteiger partial charge in [0.15, 0.2) is 12.4 Å². The molecule has 2 amide bonds. The topological polar surface area (TPSA) is 170 Å². The van der Waals surface area contributed by atoms with Crippen LogP contribution in [-0.2, 0) is 35.0 Å². The van der Waals surface area contributed by atoms with Gasteiger partial charge in [0.2, 0.25) is 0 Å². The molecule has 1 atom stereocenters. The molecule has 1 aromatic heterocycles. The van der Waals surface area contributed by atoms with Gasteiger partial charge in [-0.05, 0) is 36.4 Å². The van der Waals surface area contributed by atoms with Crippen LogP contribution in [0.3, 0.4) is 0 Å². The lowest BCUT2D eigenvalue weighted by Crippen LogP contribution is -2.32. The second-order valence-corrected chi connectivity index (χ2v) is 11.0. The zero-order valence-electron chi connectivity index (χ0n) is 22.5. The first-order chi connectivity index (χ1) is 20.2. The van der Waals surface area contributed by atoms with Crippen LogP contribution in [0.15, 0.2) is 91.1 Å². The Morgan fingerprint density at radius 2 is 1.76 bits per heavy atom. The zero-order valence-corrected chi connectivity index (χ0v) is 24.0. The van der Waals surface area contributed by atoms with Crippen LogP contribution in [0, 0.1) is 5.41 Å². The SMILES string of the molecule is N=C(N)c1ccc(CNC(=O)c2cc(Cl)cc(N(Cc3ccccn3)[S+]([O-])Cc3ccccc3)c2)c(OCC(N)=O)c1. The number of pyridine rings is 1. The molecule has 12 heteroatoms. The number of nitrogens with one attached hydrogen (secondary N) is 2. The van der Waals surface area contributed by atoms with E-state index in [1.54, 1.807) is 40.8 Å². The van der Waals surface area contributed by atoms with Crippen LogP contribution in [-0.4, -0.2) is 33.8 Å². The van der Waals surface area contributed by atoms with Gasteiger partial charge >= 0.3 is 0 Å². The van der Waals surface area contributed by atoms with E-state index in [1.165, 1.54) is 12.1 Å². The number of amides is 2. The summed E-state index contributed by atoms with van der Waals surface area (Å²) in [4.78, 5) is 28.9. The van der Waals surface area contributed by atoms with Crippen molar-refractivity contribution in [2.45, 2.75) is 18.8 Å². The number of aromatic nitrogens is 1. The van der Waals surface area contributed by atoms with E-state index in [4.69, 9.17) is 33.2 Å². The highest BCUT2D eigenvalue weighted by Crippen LogP contribution is 2.28. The van der Waals surface area contributed by atoms with Crippen LogP contribution in [0.1, 0.15) is 32.7 Å². The van der Waals surface area contributed by atoms with Crippen LogP contribution in [0.4, 0.5) is 5.69 Å². The Bertz CT molecular complexity index is 1560. The number of benzene rings is 3. The molecule has 4 aromatic rings. The Morgan fingerprint density at radius 1 is 1.00 bits per heavy atom. The third-order valence-corrected chi connectivity index (χ3v) is 7.66. The van der Waals surface area contributed by atoms with Crippen molar-refractivity contribution in [3.8, 4) is 5.75 Å². The summed E-state index contributed by atoms with van der Waals surface area (Å²) >= 11 is 4.93. The molecule has 10 nitrogen and oxygen atoms in total. The van der Waals surface area contributed by atoms with Crippen LogP contribution in [0.25, 0.3) is 0 Å². The zero-order chi connectivity index (χ0) is 30.1. The first-order valence-corrected chi connectivity index (χ1v) is 14.4. The summed E-state index contributed by atoms with van der Waals surface area (Å²) in [6.45, 7) is -0.124. The number of carbonyl (C=O) groups is 2. The number of hydrogen-bond acceptors (Lipinski definition) is 7. The number of carbonyl (C=O) groups excluding carboxylic acids is 2. The molecule has 1 unspecified atom stereocenters. The normalized spacial score (nSPS) is 11.4. The third-order valence-electron chi connectivity index (χ3n) is 6.03. The summed E-state index contributed by atoms with van der Waals surface area (Å²) in [5.74, 6) is -0.787. The van der Waals surface area contributed by atoms with E-state index in [0.29, 0.717) is 22.5 Å². The Hall–Kier alpha value is -4.58. The minimum Gasteiger partial charge on any atom is -0.593 e. The number of nitrogen functional groups attached to an aromatic ring is 1. The Morgan fingerprint density at radius 3 is 2.45 bits per heavy atom. The number of anilines is 1. The molecule has 42 heavy (non-hydrogen) atoms. The molecule has 0 aliphatic rings. The van der Waals surface area contributed by atoms with Gasteiger partial charge in [0, 0.05) is 40.0 Å². The predicted molar refractivity (Wildman–Crippen MR) is 163 cm³/mol. The molecule has 216 valence electrons. The van der Waals surface area contributed by atoms with Crippen molar-refractivity contribution in [1.82, 2.24) is 10.3 Å². The molecule has 6 N–H and O–H groups in total. The standard InChI is InChI=1S/C30H29ClN6O4S/c31-24-12-23(30(39)36-16-22-10-9-21(29(33)34)14-27(22)41-18-28(32)38)13-26(15-24)37(17-25-8-4-5-11-35-25)42(40)19-20-6-2-1-3-7-20/h1-15H,16-19H2,(H2,32,38)(H3,33,34)(H,36,39). The van der Waals surface area contributed by atoms with Crippen molar-refractivity contribution in [1.29, 1.82) is 5.41 Å². The number of amidine groups is 1. The molecular weight excluding hydrogens is 576 g/mol. The second-order valence-electron chi connectivity index (χ2n) is 9.18. The Labute approximate surface area is 251 Å². The van der Waals surface area contributed by atoms with Crippen LogP contribution in [0.2, 0.25) is 5.02 Å². The summed E-state index contributed by atoms with van der Waals surface area (Å²) in [6.07, 6.45) is 1.66. The summed E-state index contributed by atoms with van der Waals surface area (Å²) in [5, 5.41) is 10.8.